The average Bonchev–Trinajstić information content (AvgIpc) is 3.65. The summed E-state index contributed by atoms with van der Waals surface area (Å²) in [4.78, 5) is 28.2. The van der Waals surface area contributed by atoms with E-state index in [0.29, 0.717) is 31.9 Å². The number of carbonyl (C=O) groups excluding carboxylic acids is 2. The van der Waals surface area contributed by atoms with Gasteiger partial charge >= 0.3 is 0 Å². The van der Waals surface area contributed by atoms with Crippen LogP contribution in [0, 0.1) is 17.8 Å². The fourth-order valence-electron chi connectivity index (χ4n) is 6.47. The van der Waals surface area contributed by atoms with Crippen molar-refractivity contribution in [3.8, 4) is 5.75 Å². The maximum Gasteiger partial charge on any atom is 0.233 e. The van der Waals surface area contributed by atoms with Crippen molar-refractivity contribution in [2.75, 3.05) is 19.8 Å². The van der Waals surface area contributed by atoms with Gasteiger partial charge in [0.15, 0.2) is 0 Å². The van der Waals surface area contributed by atoms with E-state index >= 15 is 0 Å². The Morgan fingerprint density at radius 2 is 1.87 bits per heavy atom. The van der Waals surface area contributed by atoms with Gasteiger partial charge in [0.05, 0.1) is 24.5 Å². The first-order valence-corrected chi connectivity index (χ1v) is 14.3. The number of hydrogen-bond donors (Lipinski definition) is 1. The summed E-state index contributed by atoms with van der Waals surface area (Å²) in [6.07, 6.45) is 6.84. The van der Waals surface area contributed by atoms with Gasteiger partial charge in [0.2, 0.25) is 11.8 Å². The fraction of sp³-hybridized carbons (Fsp3) is 0.500. The number of carbonyl (C=O) groups is 2. The van der Waals surface area contributed by atoms with Gasteiger partial charge in [0, 0.05) is 12.5 Å². The molecule has 7 heteroatoms. The van der Waals surface area contributed by atoms with Crippen LogP contribution in [-0.2, 0) is 20.9 Å². The molecule has 2 fully saturated rings. The molecule has 2 aromatic rings. The molecule has 208 valence electrons. The van der Waals surface area contributed by atoms with Gasteiger partial charge in [-0.2, -0.15) is 0 Å². The summed E-state index contributed by atoms with van der Waals surface area (Å²) in [6, 6.07) is 13.4. The fourth-order valence-corrected chi connectivity index (χ4v) is 6.47. The number of furan rings is 1. The van der Waals surface area contributed by atoms with Gasteiger partial charge in [-0.25, -0.2) is 0 Å². The number of fused-ring (bicyclic) bond motifs is 3. The van der Waals surface area contributed by atoms with Crippen molar-refractivity contribution in [2.24, 2.45) is 17.8 Å². The second-order valence-corrected chi connectivity index (χ2v) is 10.8. The van der Waals surface area contributed by atoms with Crippen LogP contribution < -0.4 is 4.74 Å². The predicted octanol–water partition coefficient (Wildman–Crippen LogP) is 5.54. The van der Waals surface area contributed by atoms with Crippen molar-refractivity contribution in [3.63, 3.8) is 0 Å². The summed E-state index contributed by atoms with van der Waals surface area (Å²) in [5.74, 6) is 1.26. The summed E-state index contributed by atoms with van der Waals surface area (Å²) in [5.41, 5.74) is 3.54. The summed E-state index contributed by atoms with van der Waals surface area (Å²) < 4.78 is 18.3. The molecular weight excluding hydrogens is 494 g/mol. The van der Waals surface area contributed by atoms with E-state index in [4.69, 9.17) is 13.9 Å². The number of benzene rings is 1. The number of ether oxygens (including phenoxy) is 2. The van der Waals surface area contributed by atoms with Crippen LogP contribution >= 0.6 is 0 Å². The molecule has 1 aromatic heterocycles. The molecule has 0 unspecified atom stereocenters. The number of aliphatic hydroxyl groups excluding tert-OH is 1. The summed E-state index contributed by atoms with van der Waals surface area (Å²) >= 11 is 0. The maximum absolute atomic E-state index is 13.4. The van der Waals surface area contributed by atoms with Crippen molar-refractivity contribution in [1.82, 2.24) is 4.90 Å². The highest BCUT2D eigenvalue weighted by molar-refractivity contribution is 6.05. The minimum absolute atomic E-state index is 0.0364. The first-order chi connectivity index (χ1) is 19.0. The molecule has 0 saturated carbocycles. The van der Waals surface area contributed by atoms with E-state index in [1.54, 1.807) is 6.07 Å². The smallest absolute Gasteiger partial charge is 0.233 e. The normalized spacial score (nSPS) is 24.9. The molecule has 2 saturated heterocycles. The first kappa shape index (κ1) is 27.4. The first-order valence-electron chi connectivity index (χ1n) is 14.3. The average molecular weight is 534 g/mol. The van der Waals surface area contributed by atoms with Gasteiger partial charge in [0.25, 0.3) is 0 Å². The van der Waals surface area contributed by atoms with Crippen LogP contribution in [0.15, 0.2) is 63.6 Å². The van der Waals surface area contributed by atoms with E-state index in [1.165, 1.54) is 16.0 Å². The Bertz CT molecular complexity index is 1230. The lowest BCUT2D eigenvalue weighted by atomic mass is 9.69. The van der Waals surface area contributed by atoms with E-state index in [-0.39, 0.29) is 42.3 Å². The van der Waals surface area contributed by atoms with E-state index < -0.39 is 0 Å². The van der Waals surface area contributed by atoms with Crippen LogP contribution in [-0.4, -0.2) is 47.7 Å². The third-order valence-corrected chi connectivity index (χ3v) is 8.19. The third-order valence-electron chi connectivity index (χ3n) is 8.19. The zero-order valence-corrected chi connectivity index (χ0v) is 22.9. The molecular formula is C32H39NO6. The molecule has 2 aliphatic heterocycles. The Morgan fingerprint density at radius 1 is 1.05 bits per heavy atom. The zero-order chi connectivity index (χ0) is 27.4. The second-order valence-electron chi connectivity index (χ2n) is 10.8. The van der Waals surface area contributed by atoms with Gasteiger partial charge in [0.1, 0.15) is 30.5 Å². The zero-order valence-electron chi connectivity index (χ0n) is 22.9. The highest BCUT2D eigenvalue weighted by Gasteiger charge is 2.56. The lowest BCUT2D eigenvalue weighted by molar-refractivity contribution is -0.140. The highest BCUT2D eigenvalue weighted by Crippen LogP contribution is 2.50. The number of amides is 2. The van der Waals surface area contributed by atoms with Crippen LogP contribution in [0.25, 0.3) is 6.08 Å². The molecule has 39 heavy (non-hydrogen) atoms. The monoisotopic (exact) mass is 533 g/mol. The van der Waals surface area contributed by atoms with Crippen molar-refractivity contribution >= 4 is 17.9 Å². The number of hydrogen-bond acceptors (Lipinski definition) is 6. The number of likely N-dealkylation sites (tertiary alicyclic amines) is 1. The molecule has 0 bridgehead atoms. The van der Waals surface area contributed by atoms with Gasteiger partial charge in [-0.3, -0.25) is 14.5 Å². The number of aliphatic hydroxyl groups is 1. The largest absolute Gasteiger partial charge is 0.489 e. The molecule has 2 amide bonds. The van der Waals surface area contributed by atoms with Crippen LogP contribution in [0.3, 0.4) is 0 Å². The lowest BCUT2D eigenvalue weighted by Crippen LogP contribution is -2.35. The molecule has 3 aliphatic rings. The molecule has 7 nitrogen and oxygen atoms in total. The molecule has 1 N–H and O–H groups in total. The van der Waals surface area contributed by atoms with Crippen LogP contribution in [0.4, 0.5) is 0 Å². The quantitative estimate of drug-likeness (QED) is 0.285. The summed E-state index contributed by atoms with van der Waals surface area (Å²) in [7, 11) is 0. The Balaban J connectivity index is 1.39. The van der Waals surface area contributed by atoms with Crippen LogP contribution in [0.2, 0.25) is 0 Å². The lowest BCUT2D eigenvalue weighted by Gasteiger charge is -2.32. The standard InChI is InChI=1S/C32H39NO6/c1-3-8-21(16-24-12-13-25(18-34)39-24)11-14-28-29-22(19-37-23-9-6-5-7-10-23)17-26-30(27(29)20-38-28)32(36)33(15-4-2)31(26)35/h5-7,9-10,12-13,16,26-28,30,34H,3-4,8,11,14-15,17-20H2,1-2H3/b21-16+/t26-,27+,28-,30-/m1/s1. The van der Waals surface area contributed by atoms with Gasteiger partial charge in [-0.1, -0.05) is 44.0 Å². The minimum atomic E-state index is -0.338. The molecule has 5 rings (SSSR count). The molecule has 0 spiro atoms. The number of imide groups is 1. The summed E-state index contributed by atoms with van der Waals surface area (Å²) in [5, 5.41) is 9.34. The van der Waals surface area contributed by atoms with Crippen LogP contribution in [0.5, 0.6) is 5.75 Å². The molecule has 4 atom stereocenters. The highest BCUT2D eigenvalue weighted by atomic mass is 16.5. The van der Waals surface area contributed by atoms with Gasteiger partial charge in [-0.15, -0.1) is 0 Å². The van der Waals surface area contributed by atoms with Crippen molar-refractivity contribution < 1.29 is 28.6 Å². The Hall–Kier alpha value is -3.16. The summed E-state index contributed by atoms with van der Waals surface area (Å²) in [6.45, 7) is 5.36. The predicted molar refractivity (Wildman–Crippen MR) is 148 cm³/mol. The number of nitrogens with zero attached hydrogens (tertiary/aromatic N) is 1. The molecule has 0 radical (unpaired) electrons. The topological polar surface area (TPSA) is 89.2 Å². The number of para-hydroxylation sites is 1. The Morgan fingerprint density at radius 3 is 2.59 bits per heavy atom. The number of allylic oxidation sites excluding steroid dienone is 1. The van der Waals surface area contributed by atoms with Crippen LogP contribution in [0.1, 0.15) is 63.9 Å². The maximum atomic E-state index is 13.4. The molecule has 3 heterocycles. The SMILES string of the molecule is CCC/C(=C\c1ccc(CO)o1)CC[C@H]1OC[C@H]2C1=C(COc1ccccc1)C[C@H]1C(=O)N(CCC)C(=O)[C@H]12. The Labute approximate surface area is 230 Å². The van der Waals surface area contributed by atoms with Gasteiger partial charge < -0.3 is 19.0 Å². The van der Waals surface area contributed by atoms with E-state index in [9.17, 15) is 14.7 Å². The van der Waals surface area contributed by atoms with Crippen molar-refractivity contribution in [3.05, 3.63) is 70.7 Å². The number of rotatable bonds is 12. The van der Waals surface area contributed by atoms with Gasteiger partial charge in [-0.05, 0) is 73.6 Å². The minimum Gasteiger partial charge on any atom is -0.489 e. The second kappa shape index (κ2) is 12.3. The van der Waals surface area contributed by atoms with Crippen molar-refractivity contribution in [1.29, 1.82) is 0 Å². The Kier molecular flexibility index (Phi) is 8.68. The van der Waals surface area contributed by atoms with Crippen molar-refractivity contribution in [2.45, 2.75) is 65.1 Å². The third kappa shape index (κ3) is 5.75. The molecule has 1 aromatic carbocycles. The molecule has 1 aliphatic carbocycles. The van der Waals surface area contributed by atoms with E-state index in [1.807, 2.05) is 43.3 Å². The van der Waals surface area contributed by atoms with E-state index in [2.05, 4.69) is 13.0 Å². The van der Waals surface area contributed by atoms with E-state index in [0.717, 1.165) is 49.2 Å².